The summed E-state index contributed by atoms with van der Waals surface area (Å²) < 4.78 is 6.06. The first kappa shape index (κ1) is 10.6. The fourth-order valence-electron chi connectivity index (χ4n) is 3.68. The molecule has 0 N–H and O–H groups in total. The molecule has 3 atom stereocenters. The van der Waals surface area contributed by atoms with E-state index in [1.165, 1.54) is 49.9 Å². The van der Waals surface area contributed by atoms with E-state index in [0.717, 1.165) is 11.5 Å². The molecule has 0 saturated carbocycles. The van der Waals surface area contributed by atoms with Crippen molar-refractivity contribution in [3.05, 3.63) is 36.1 Å². The third-order valence-corrected chi connectivity index (χ3v) is 4.61. The van der Waals surface area contributed by atoms with Crippen molar-refractivity contribution in [2.75, 3.05) is 13.1 Å². The molecule has 2 fully saturated rings. The zero-order valence-corrected chi connectivity index (χ0v) is 10.6. The summed E-state index contributed by atoms with van der Waals surface area (Å²) in [4.78, 5) is 2.63. The number of para-hydroxylation sites is 1. The number of hydrogen-bond acceptors (Lipinski definition) is 2. The van der Waals surface area contributed by atoms with Crippen LogP contribution in [0.15, 0.2) is 34.7 Å². The Hall–Kier alpha value is -1.28. The standard InChI is InChI=1S/C16H19NO/c1-2-6-15-13(5-1)10-16(18-15)14-8-7-12-4-3-9-17(14)11-12/h1-2,5-6,10,12,14H,3-4,7-9,11H2. The monoisotopic (exact) mass is 241 g/mol. The van der Waals surface area contributed by atoms with E-state index < -0.39 is 0 Å². The van der Waals surface area contributed by atoms with Crippen molar-refractivity contribution in [3.8, 4) is 0 Å². The highest BCUT2D eigenvalue weighted by atomic mass is 16.3. The van der Waals surface area contributed by atoms with Crippen LogP contribution in [-0.2, 0) is 0 Å². The number of benzene rings is 1. The van der Waals surface area contributed by atoms with Gasteiger partial charge in [0.15, 0.2) is 0 Å². The van der Waals surface area contributed by atoms with Gasteiger partial charge in [0.1, 0.15) is 11.3 Å². The van der Waals surface area contributed by atoms with Crippen molar-refractivity contribution in [2.45, 2.75) is 31.7 Å². The molecule has 2 aliphatic heterocycles. The van der Waals surface area contributed by atoms with Gasteiger partial charge in [-0.3, -0.25) is 4.90 Å². The number of fused-ring (bicyclic) bond motifs is 3. The van der Waals surface area contributed by atoms with Crippen molar-refractivity contribution in [1.82, 2.24) is 4.90 Å². The van der Waals surface area contributed by atoms with Crippen molar-refractivity contribution >= 4 is 11.0 Å². The van der Waals surface area contributed by atoms with Gasteiger partial charge in [-0.05, 0) is 50.3 Å². The average molecular weight is 241 g/mol. The van der Waals surface area contributed by atoms with E-state index in [9.17, 15) is 0 Å². The van der Waals surface area contributed by atoms with Crippen LogP contribution in [0.2, 0.25) is 0 Å². The van der Waals surface area contributed by atoms with Gasteiger partial charge in [-0.25, -0.2) is 0 Å². The summed E-state index contributed by atoms with van der Waals surface area (Å²) in [5.74, 6) is 2.12. The van der Waals surface area contributed by atoms with Crippen LogP contribution in [0.3, 0.4) is 0 Å². The average Bonchev–Trinajstić information content (AvgIpc) is 2.82. The molecular weight excluding hydrogens is 222 g/mol. The first-order chi connectivity index (χ1) is 8.90. The normalized spacial score (nSPS) is 31.7. The second-order valence-corrected chi connectivity index (χ2v) is 5.78. The first-order valence-corrected chi connectivity index (χ1v) is 7.13. The molecule has 3 heterocycles. The Bertz CT molecular complexity index is 526. The van der Waals surface area contributed by atoms with Crippen LogP contribution >= 0.6 is 0 Å². The molecule has 0 radical (unpaired) electrons. The summed E-state index contributed by atoms with van der Waals surface area (Å²) in [6, 6.07) is 11.1. The molecule has 18 heavy (non-hydrogen) atoms. The largest absolute Gasteiger partial charge is 0.459 e. The Morgan fingerprint density at radius 2 is 2.06 bits per heavy atom. The van der Waals surface area contributed by atoms with Crippen molar-refractivity contribution in [3.63, 3.8) is 0 Å². The predicted octanol–water partition coefficient (Wildman–Crippen LogP) is 3.98. The Morgan fingerprint density at radius 3 is 3.00 bits per heavy atom. The summed E-state index contributed by atoms with van der Waals surface area (Å²) >= 11 is 0. The highest BCUT2D eigenvalue weighted by Crippen LogP contribution is 2.39. The third kappa shape index (κ3) is 1.67. The van der Waals surface area contributed by atoms with E-state index in [4.69, 9.17) is 4.42 Å². The summed E-state index contributed by atoms with van der Waals surface area (Å²) in [5, 5.41) is 1.24. The van der Waals surface area contributed by atoms with Gasteiger partial charge in [-0.15, -0.1) is 0 Å². The molecule has 0 spiro atoms. The van der Waals surface area contributed by atoms with Crippen LogP contribution in [-0.4, -0.2) is 18.0 Å². The number of furan rings is 1. The maximum atomic E-state index is 6.06. The number of hydrogen-bond donors (Lipinski definition) is 0. The van der Waals surface area contributed by atoms with Crippen LogP contribution in [0.4, 0.5) is 0 Å². The lowest BCUT2D eigenvalue weighted by molar-refractivity contribution is 0.0567. The zero-order valence-electron chi connectivity index (χ0n) is 10.6. The Labute approximate surface area is 108 Å². The van der Waals surface area contributed by atoms with Gasteiger partial charge in [0.2, 0.25) is 0 Å². The van der Waals surface area contributed by atoms with Gasteiger partial charge in [0.05, 0.1) is 6.04 Å². The van der Waals surface area contributed by atoms with Crippen LogP contribution in [0.25, 0.3) is 11.0 Å². The second-order valence-electron chi connectivity index (χ2n) is 5.78. The van der Waals surface area contributed by atoms with Crippen molar-refractivity contribution in [1.29, 1.82) is 0 Å². The number of rotatable bonds is 1. The molecule has 1 aromatic heterocycles. The quantitative estimate of drug-likeness (QED) is 0.751. The molecule has 2 aliphatic rings. The van der Waals surface area contributed by atoms with Crippen LogP contribution in [0.5, 0.6) is 0 Å². The molecule has 2 saturated heterocycles. The Morgan fingerprint density at radius 1 is 1.11 bits per heavy atom. The fraction of sp³-hybridized carbons (Fsp3) is 0.500. The lowest BCUT2D eigenvalue weighted by atomic mass is 9.85. The predicted molar refractivity (Wildman–Crippen MR) is 72.5 cm³/mol. The minimum atomic E-state index is 0.522. The lowest BCUT2D eigenvalue weighted by Gasteiger charge is -2.42. The van der Waals surface area contributed by atoms with Gasteiger partial charge in [-0.1, -0.05) is 18.2 Å². The Balaban J connectivity index is 1.69. The lowest BCUT2D eigenvalue weighted by Crippen LogP contribution is -2.42. The van der Waals surface area contributed by atoms with Crippen molar-refractivity contribution < 1.29 is 4.42 Å². The minimum absolute atomic E-state index is 0.522. The van der Waals surface area contributed by atoms with E-state index in [0.29, 0.717) is 6.04 Å². The summed E-state index contributed by atoms with van der Waals surface area (Å²) in [7, 11) is 0. The van der Waals surface area contributed by atoms with Gasteiger partial charge < -0.3 is 4.42 Å². The molecule has 2 bridgehead atoms. The second kappa shape index (κ2) is 4.13. The van der Waals surface area contributed by atoms with Gasteiger partial charge in [0, 0.05) is 11.9 Å². The van der Waals surface area contributed by atoms with E-state index in [1.807, 2.05) is 6.07 Å². The molecular formula is C16H19NO. The molecule has 2 aromatic rings. The number of piperidine rings is 2. The molecule has 2 heteroatoms. The molecule has 1 aromatic carbocycles. The van der Waals surface area contributed by atoms with E-state index in [-0.39, 0.29) is 0 Å². The molecule has 2 nitrogen and oxygen atoms in total. The Kier molecular flexibility index (Phi) is 2.44. The van der Waals surface area contributed by atoms with E-state index in [2.05, 4.69) is 29.2 Å². The first-order valence-electron chi connectivity index (χ1n) is 7.13. The maximum Gasteiger partial charge on any atom is 0.134 e. The summed E-state index contributed by atoms with van der Waals surface area (Å²) in [5.41, 5.74) is 1.03. The van der Waals surface area contributed by atoms with Gasteiger partial charge in [0.25, 0.3) is 0 Å². The van der Waals surface area contributed by atoms with E-state index >= 15 is 0 Å². The highest BCUT2D eigenvalue weighted by Gasteiger charge is 2.33. The molecule has 4 rings (SSSR count). The summed E-state index contributed by atoms with van der Waals surface area (Å²) in [6.45, 7) is 2.53. The smallest absolute Gasteiger partial charge is 0.134 e. The molecule has 3 unspecified atom stereocenters. The van der Waals surface area contributed by atoms with Crippen LogP contribution < -0.4 is 0 Å². The highest BCUT2D eigenvalue weighted by molar-refractivity contribution is 5.77. The SMILES string of the molecule is c1ccc2oc(C3CCC4CCCN3C4)cc2c1. The van der Waals surface area contributed by atoms with Gasteiger partial charge >= 0.3 is 0 Å². The summed E-state index contributed by atoms with van der Waals surface area (Å²) in [6.07, 6.45) is 5.44. The fourth-order valence-corrected chi connectivity index (χ4v) is 3.68. The molecule has 94 valence electrons. The van der Waals surface area contributed by atoms with Crippen molar-refractivity contribution in [2.24, 2.45) is 5.92 Å². The number of nitrogens with zero attached hydrogens (tertiary/aromatic N) is 1. The maximum absolute atomic E-state index is 6.06. The van der Waals surface area contributed by atoms with Crippen LogP contribution in [0, 0.1) is 5.92 Å². The van der Waals surface area contributed by atoms with E-state index in [1.54, 1.807) is 0 Å². The molecule has 0 aliphatic carbocycles. The van der Waals surface area contributed by atoms with Gasteiger partial charge in [-0.2, -0.15) is 0 Å². The van der Waals surface area contributed by atoms with Crippen LogP contribution in [0.1, 0.15) is 37.5 Å². The topological polar surface area (TPSA) is 16.4 Å². The third-order valence-electron chi connectivity index (χ3n) is 4.61. The minimum Gasteiger partial charge on any atom is -0.459 e. The molecule has 0 amide bonds. The zero-order chi connectivity index (χ0) is 11.9.